The van der Waals surface area contributed by atoms with E-state index in [4.69, 9.17) is 17.4 Å². The fraction of sp³-hybridized carbons (Fsp3) is 0.350. The minimum atomic E-state index is -3.77. The van der Waals surface area contributed by atoms with Gasteiger partial charge in [-0.1, -0.05) is 38.1 Å². The lowest BCUT2D eigenvalue weighted by atomic mass is 10.0. The average Bonchev–Trinajstić information content (AvgIpc) is 2.86. The second kappa shape index (κ2) is 7.79. The maximum absolute atomic E-state index is 11.7. The molecule has 3 aromatic rings. The van der Waals surface area contributed by atoms with Gasteiger partial charge in [0.15, 0.2) is 4.77 Å². The lowest BCUT2D eigenvalue weighted by Gasteiger charge is -2.18. The third kappa shape index (κ3) is 4.20. The van der Waals surface area contributed by atoms with Crippen molar-refractivity contribution in [1.82, 2.24) is 14.0 Å². The molecule has 0 unspecified atom stereocenters. The number of imidazole rings is 1. The summed E-state index contributed by atoms with van der Waals surface area (Å²) in [6, 6.07) is 13.5. The maximum atomic E-state index is 11.7. The first-order valence-electron chi connectivity index (χ1n) is 9.07. The number of nitrogens with two attached hydrogens (primary N) is 1. The molecule has 0 aliphatic heterocycles. The molecule has 1 aromatic heterocycles. The summed E-state index contributed by atoms with van der Waals surface area (Å²) in [6.45, 7) is 5.65. The molecule has 0 fully saturated rings. The van der Waals surface area contributed by atoms with Crippen molar-refractivity contribution in [2.75, 3.05) is 7.05 Å². The predicted octanol–water partition coefficient (Wildman–Crippen LogP) is 3.57. The molecular formula is C20H26N4O2S2. The number of primary sulfonamides is 1. The SMILES string of the molecule is CC(C)c1ccc(CN(C)Cn2c(=S)n(C)c3ccc(S(N)(=O)=O)cc32)cc1. The molecule has 2 N–H and O–H groups in total. The lowest BCUT2D eigenvalue weighted by molar-refractivity contribution is 0.262. The van der Waals surface area contributed by atoms with Gasteiger partial charge in [-0.05, 0) is 54.5 Å². The summed E-state index contributed by atoms with van der Waals surface area (Å²) in [5, 5.41) is 5.30. The summed E-state index contributed by atoms with van der Waals surface area (Å²) in [6.07, 6.45) is 0. The van der Waals surface area contributed by atoms with Gasteiger partial charge in [-0.25, -0.2) is 13.6 Å². The Kier molecular flexibility index (Phi) is 5.77. The van der Waals surface area contributed by atoms with Gasteiger partial charge in [0.25, 0.3) is 0 Å². The number of hydrogen-bond acceptors (Lipinski definition) is 4. The normalized spacial score (nSPS) is 12.4. The van der Waals surface area contributed by atoms with Gasteiger partial charge in [-0.2, -0.15) is 0 Å². The highest BCUT2D eigenvalue weighted by atomic mass is 32.2. The zero-order chi connectivity index (χ0) is 20.6. The Bertz CT molecular complexity index is 1160. The quantitative estimate of drug-likeness (QED) is 0.621. The Hall–Kier alpha value is -2.00. The summed E-state index contributed by atoms with van der Waals surface area (Å²) in [7, 11) is 0.119. The second-order valence-corrected chi connectivity index (χ2v) is 9.44. The lowest BCUT2D eigenvalue weighted by Crippen LogP contribution is -2.22. The van der Waals surface area contributed by atoms with E-state index < -0.39 is 10.0 Å². The third-order valence-electron chi connectivity index (χ3n) is 4.93. The van der Waals surface area contributed by atoms with Crippen molar-refractivity contribution in [3.8, 4) is 0 Å². The number of benzene rings is 2. The van der Waals surface area contributed by atoms with Gasteiger partial charge >= 0.3 is 0 Å². The molecule has 8 heteroatoms. The Morgan fingerprint density at radius 1 is 1.11 bits per heavy atom. The van der Waals surface area contributed by atoms with Crippen LogP contribution in [-0.2, 0) is 30.3 Å². The van der Waals surface area contributed by atoms with Crippen molar-refractivity contribution < 1.29 is 8.42 Å². The Balaban J connectivity index is 1.90. The van der Waals surface area contributed by atoms with Crippen molar-refractivity contribution in [2.24, 2.45) is 12.2 Å². The highest BCUT2D eigenvalue weighted by Crippen LogP contribution is 2.22. The molecule has 28 heavy (non-hydrogen) atoms. The summed E-state index contributed by atoms with van der Waals surface area (Å²) >= 11 is 5.58. The minimum absolute atomic E-state index is 0.0845. The standard InChI is InChI=1S/C20H26N4O2S2/c1-14(2)16-7-5-15(6-8-16)12-22(3)13-24-19-11-17(28(21,25)26)9-10-18(19)23(4)20(24)27/h5-11,14H,12-13H2,1-4H3,(H2,21,25,26). The van der Waals surface area contributed by atoms with Gasteiger partial charge < -0.3 is 9.13 Å². The maximum Gasteiger partial charge on any atom is 0.238 e. The number of sulfonamides is 1. The molecule has 0 atom stereocenters. The van der Waals surface area contributed by atoms with Crippen molar-refractivity contribution in [2.45, 2.75) is 37.9 Å². The third-order valence-corrected chi connectivity index (χ3v) is 6.33. The molecule has 0 saturated carbocycles. The molecule has 3 rings (SSSR count). The molecule has 0 spiro atoms. The van der Waals surface area contributed by atoms with Crippen LogP contribution in [-0.4, -0.2) is 29.5 Å². The van der Waals surface area contributed by atoms with E-state index in [1.165, 1.54) is 17.2 Å². The van der Waals surface area contributed by atoms with Crippen LogP contribution in [0.5, 0.6) is 0 Å². The van der Waals surface area contributed by atoms with Crippen molar-refractivity contribution in [3.63, 3.8) is 0 Å². The monoisotopic (exact) mass is 418 g/mol. The fourth-order valence-electron chi connectivity index (χ4n) is 3.31. The number of fused-ring (bicyclic) bond motifs is 1. The highest BCUT2D eigenvalue weighted by Gasteiger charge is 2.15. The first-order valence-corrected chi connectivity index (χ1v) is 11.0. The summed E-state index contributed by atoms with van der Waals surface area (Å²) < 4.78 is 27.9. The van der Waals surface area contributed by atoms with Crippen LogP contribution >= 0.6 is 12.2 Å². The van der Waals surface area contributed by atoms with Crippen LogP contribution in [0.1, 0.15) is 30.9 Å². The van der Waals surface area contributed by atoms with Crippen LogP contribution in [0.2, 0.25) is 0 Å². The molecule has 150 valence electrons. The minimum Gasteiger partial charge on any atom is -0.320 e. The summed E-state index contributed by atoms with van der Waals surface area (Å²) in [4.78, 5) is 2.23. The van der Waals surface area contributed by atoms with Gasteiger partial charge in [0, 0.05) is 13.6 Å². The molecule has 0 aliphatic rings. The van der Waals surface area contributed by atoms with Crippen LogP contribution in [0, 0.1) is 4.77 Å². The summed E-state index contributed by atoms with van der Waals surface area (Å²) in [5.41, 5.74) is 4.15. The van der Waals surface area contributed by atoms with E-state index in [1.807, 2.05) is 23.2 Å². The largest absolute Gasteiger partial charge is 0.320 e. The van der Waals surface area contributed by atoms with E-state index in [1.54, 1.807) is 12.1 Å². The average molecular weight is 419 g/mol. The van der Waals surface area contributed by atoms with Crippen LogP contribution in [0.4, 0.5) is 0 Å². The number of aryl methyl sites for hydroxylation is 1. The number of rotatable bonds is 6. The predicted molar refractivity (Wildman–Crippen MR) is 115 cm³/mol. The van der Waals surface area contributed by atoms with Crippen LogP contribution < -0.4 is 5.14 Å². The topological polar surface area (TPSA) is 73.3 Å². The molecule has 0 saturated heterocycles. The van der Waals surface area contributed by atoms with E-state index in [-0.39, 0.29) is 4.90 Å². The van der Waals surface area contributed by atoms with Gasteiger partial charge in [0.05, 0.1) is 22.6 Å². The first kappa shape index (κ1) is 20.7. The molecule has 0 bridgehead atoms. The van der Waals surface area contributed by atoms with E-state index in [9.17, 15) is 8.42 Å². The molecule has 2 aromatic carbocycles. The fourth-order valence-corrected chi connectivity index (χ4v) is 4.10. The number of nitrogens with zero attached hydrogens (tertiary/aromatic N) is 3. The van der Waals surface area contributed by atoms with Gasteiger partial charge in [0.2, 0.25) is 10.0 Å². The van der Waals surface area contributed by atoms with E-state index in [0.29, 0.717) is 17.4 Å². The highest BCUT2D eigenvalue weighted by molar-refractivity contribution is 7.89. The zero-order valence-corrected chi connectivity index (χ0v) is 18.2. The molecule has 6 nitrogen and oxygen atoms in total. The Morgan fingerprint density at radius 3 is 2.32 bits per heavy atom. The van der Waals surface area contributed by atoms with Crippen molar-refractivity contribution in [1.29, 1.82) is 0 Å². The molecule has 0 aliphatic carbocycles. The van der Waals surface area contributed by atoms with E-state index >= 15 is 0 Å². The molecular weight excluding hydrogens is 392 g/mol. The molecule has 0 radical (unpaired) electrons. The smallest absolute Gasteiger partial charge is 0.238 e. The van der Waals surface area contributed by atoms with Crippen LogP contribution in [0.3, 0.4) is 0 Å². The Morgan fingerprint density at radius 2 is 1.75 bits per heavy atom. The van der Waals surface area contributed by atoms with Gasteiger partial charge in [-0.3, -0.25) is 4.90 Å². The first-order chi connectivity index (χ1) is 13.1. The van der Waals surface area contributed by atoms with Crippen molar-refractivity contribution in [3.05, 3.63) is 58.4 Å². The summed E-state index contributed by atoms with van der Waals surface area (Å²) in [5.74, 6) is 0.508. The van der Waals surface area contributed by atoms with Gasteiger partial charge in [0.1, 0.15) is 0 Å². The van der Waals surface area contributed by atoms with Crippen molar-refractivity contribution >= 4 is 33.3 Å². The van der Waals surface area contributed by atoms with E-state index in [2.05, 4.69) is 43.0 Å². The molecule has 0 amide bonds. The van der Waals surface area contributed by atoms with Crippen LogP contribution in [0.25, 0.3) is 11.0 Å². The second-order valence-electron chi connectivity index (χ2n) is 7.52. The Labute approximate surface area is 171 Å². The van der Waals surface area contributed by atoms with E-state index in [0.717, 1.165) is 17.6 Å². The number of hydrogen-bond donors (Lipinski definition) is 1. The number of aromatic nitrogens is 2. The van der Waals surface area contributed by atoms with Crippen LogP contribution in [0.15, 0.2) is 47.4 Å². The van der Waals surface area contributed by atoms with Gasteiger partial charge in [-0.15, -0.1) is 0 Å². The molecule has 1 heterocycles. The zero-order valence-electron chi connectivity index (χ0n) is 16.6.